The molecule has 0 unspecified atom stereocenters. The van der Waals surface area contributed by atoms with E-state index in [1.54, 1.807) is 22.8 Å². The van der Waals surface area contributed by atoms with Gasteiger partial charge in [0, 0.05) is 13.1 Å². The minimum atomic E-state index is 0.439. The van der Waals surface area contributed by atoms with Crippen LogP contribution in [0.1, 0.15) is 30.5 Å². The number of rotatable bonds is 5. The van der Waals surface area contributed by atoms with Crippen LogP contribution in [0.4, 0.5) is 0 Å². The molecule has 2 heterocycles. The van der Waals surface area contributed by atoms with E-state index in [9.17, 15) is 0 Å². The van der Waals surface area contributed by atoms with Crippen LogP contribution in [0.5, 0.6) is 0 Å². The lowest BCUT2D eigenvalue weighted by molar-refractivity contribution is 0.626. The summed E-state index contributed by atoms with van der Waals surface area (Å²) >= 11 is 1.63. The first kappa shape index (κ1) is 11.7. The molecule has 0 aromatic carbocycles. The molecule has 0 bridgehead atoms. The van der Waals surface area contributed by atoms with Crippen LogP contribution in [-0.4, -0.2) is 29.5 Å². The van der Waals surface area contributed by atoms with Crippen LogP contribution in [0.25, 0.3) is 0 Å². The molecule has 96 valence electrons. The molecule has 2 aromatic rings. The lowest BCUT2D eigenvalue weighted by Gasteiger charge is -2.06. The van der Waals surface area contributed by atoms with E-state index in [1.165, 1.54) is 12.8 Å². The SMILES string of the molecule is Cn1ncnc1CSc1nnc(CN)n1C1CC1. The standard InChI is InChI=1S/C10H15N7S/c1-16-9(12-6-13-16)5-18-10-15-14-8(4-11)17(10)7-2-3-7/h6-7H,2-5,11H2,1H3. The van der Waals surface area contributed by atoms with Crippen molar-refractivity contribution in [3.8, 4) is 0 Å². The number of thioether (sulfide) groups is 1. The second kappa shape index (κ2) is 4.69. The minimum Gasteiger partial charge on any atom is -0.324 e. The second-order valence-electron chi connectivity index (χ2n) is 4.29. The van der Waals surface area contributed by atoms with Gasteiger partial charge < -0.3 is 10.3 Å². The molecule has 0 amide bonds. The Morgan fingerprint density at radius 2 is 2.22 bits per heavy atom. The summed E-state index contributed by atoms with van der Waals surface area (Å²) < 4.78 is 3.94. The van der Waals surface area contributed by atoms with Gasteiger partial charge >= 0.3 is 0 Å². The van der Waals surface area contributed by atoms with Gasteiger partial charge in [0.25, 0.3) is 0 Å². The van der Waals surface area contributed by atoms with Gasteiger partial charge in [0.15, 0.2) is 5.16 Å². The van der Waals surface area contributed by atoms with Gasteiger partial charge in [0.05, 0.1) is 12.3 Å². The third-order valence-electron chi connectivity index (χ3n) is 2.97. The Hall–Kier alpha value is -1.41. The largest absolute Gasteiger partial charge is 0.324 e. The van der Waals surface area contributed by atoms with E-state index in [-0.39, 0.29) is 0 Å². The van der Waals surface area contributed by atoms with Crippen molar-refractivity contribution >= 4 is 11.8 Å². The van der Waals surface area contributed by atoms with Crippen LogP contribution in [0.3, 0.4) is 0 Å². The molecule has 7 nitrogen and oxygen atoms in total. The molecule has 1 aliphatic rings. The molecule has 1 aliphatic carbocycles. The van der Waals surface area contributed by atoms with E-state index < -0.39 is 0 Å². The van der Waals surface area contributed by atoms with Crippen LogP contribution >= 0.6 is 11.8 Å². The second-order valence-corrected chi connectivity index (χ2v) is 5.24. The summed E-state index contributed by atoms with van der Waals surface area (Å²) in [5, 5.41) is 13.3. The van der Waals surface area contributed by atoms with Gasteiger partial charge in [-0.05, 0) is 12.8 Å². The van der Waals surface area contributed by atoms with Gasteiger partial charge in [0.1, 0.15) is 18.0 Å². The zero-order valence-corrected chi connectivity index (χ0v) is 11.0. The molecule has 0 spiro atoms. The van der Waals surface area contributed by atoms with E-state index in [1.807, 2.05) is 7.05 Å². The Labute approximate surface area is 109 Å². The summed E-state index contributed by atoms with van der Waals surface area (Å²) in [7, 11) is 1.89. The number of nitrogens with two attached hydrogens (primary N) is 1. The Bertz CT molecular complexity index is 542. The fourth-order valence-electron chi connectivity index (χ4n) is 1.82. The first-order valence-corrected chi connectivity index (χ1v) is 6.87. The highest BCUT2D eigenvalue weighted by Crippen LogP contribution is 2.39. The summed E-state index contributed by atoms with van der Waals surface area (Å²) in [5.41, 5.74) is 5.69. The van der Waals surface area contributed by atoms with E-state index in [0.717, 1.165) is 22.6 Å². The van der Waals surface area contributed by atoms with Gasteiger partial charge in [-0.2, -0.15) is 5.10 Å². The van der Waals surface area contributed by atoms with Crippen LogP contribution in [0, 0.1) is 0 Å². The molecule has 0 aliphatic heterocycles. The highest BCUT2D eigenvalue weighted by molar-refractivity contribution is 7.98. The molecule has 3 rings (SSSR count). The highest BCUT2D eigenvalue weighted by atomic mass is 32.2. The minimum absolute atomic E-state index is 0.439. The quantitative estimate of drug-likeness (QED) is 0.792. The Morgan fingerprint density at radius 1 is 1.39 bits per heavy atom. The zero-order chi connectivity index (χ0) is 12.5. The molecule has 0 atom stereocenters. The highest BCUT2D eigenvalue weighted by Gasteiger charge is 2.29. The number of hydrogen-bond donors (Lipinski definition) is 1. The van der Waals surface area contributed by atoms with Gasteiger partial charge in [-0.15, -0.1) is 10.2 Å². The van der Waals surface area contributed by atoms with E-state index >= 15 is 0 Å². The molecule has 8 heteroatoms. The van der Waals surface area contributed by atoms with Crippen molar-refractivity contribution in [1.29, 1.82) is 0 Å². The molecule has 2 N–H and O–H groups in total. The van der Waals surface area contributed by atoms with Gasteiger partial charge in [-0.25, -0.2) is 4.98 Å². The van der Waals surface area contributed by atoms with Crippen molar-refractivity contribution in [2.75, 3.05) is 0 Å². The van der Waals surface area contributed by atoms with Crippen LogP contribution in [-0.2, 0) is 19.3 Å². The summed E-state index contributed by atoms with van der Waals surface area (Å²) in [6.45, 7) is 0.439. The van der Waals surface area contributed by atoms with Crippen molar-refractivity contribution in [2.45, 2.75) is 36.3 Å². The first-order valence-electron chi connectivity index (χ1n) is 5.89. The first-order chi connectivity index (χ1) is 8.79. The summed E-state index contributed by atoms with van der Waals surface area (Å²) in [5.74, 6) is 2.55. The monoisotopic (exact) mass is 265 g/mol. The molecular weight excluding hydrogens is 250 g/mol. The van der Waals surface area contributed by atoms with Crippen LogP contribution in [0.2, 0.25) is 0 Å². The molecule has 1 fully saturated rings. The third-order valence-corrected chi connectivity index (χ3v) is 3.90. The maximum Gasteiger partial charge on any atom is 0.191 e. The predicted octanol–water partition coefficient (Wildman–Crippen LogP) is 0.493. The topological polar surface area (TPSA) is 87.4 Å². The number of hydrogen-bond acceptors (Lipinski definition) is 6. The van der Waals surface area contributed by atoms with Crippen molar-refractivity contribution in [3.63, 3.8) is 0 Å². The lowest BCUT2D eigenvalue weighted by atomic mass is 10.5. The molecule has 0 saturated heterocycles. The van der Waals surface area contributed by atoms with Crippen molar-refractivity contribution in [1.82, 2.24) is 29.5 Å². The maximum absolute atomic E-state index is 5.69. The Morgan fingerprint density at radius 3 is 2.83 bits per heavy atom. The van der Waals surface area contributed by atoms with Gasteiger partial charge in [-0.1, -0.05) is 11.8 Å². The molecule has 18 heavy (non-hydrogen) atoms. The summed E-state index contributed by atoms with van der Waals surface area (Å²) in [4.78, 5) is 4.20. The number of aryl methyl sites for hydroxylation is 1. The molecular formula is C10H15N7S. The van der Waals surface area contributed by atoms with Crippen molar-refractivity contribution < 1.29 is 0 Å². The van der Waals surface area contributed by atoms with Gasteiger partial charge in [-0.3, -0.25) is 4.68 Å². The molecule has 1 saturated carbocycles. The van der Waals surface area contributed by atoms with Crippen molar-refractivity contribution in [2.24, 2.45) is 12.8 Å². The fourth-order valence-corrected chi connectivity index (χ4v) is 2.84. The number of nitrogens with zero attached hydrogens (tertiary/aromatic N) is 6. The third kappa shape index (κ3) is 2.13. The smallest absolute Gasteiger partial charge is 0.191 e. The normalized spacial score (nSPS) is 15.2. The average Bonchev–Trinajstić information content (AvgIpc) is 3.00. The van der Waals surface area contributed by atoms with E-state index in [4.69, 9.17) is 5.73 Å². The fraction of sp³-hybridized carbons (Fsp3) is 0.600. The predicted molar refractivity (Wildman–Crippen MR) is 66.7 cm³/mol. The molecule has 0 radical (unpaired) electrons. The molecule has 2 aromatic heterocycles. The van der Waals surface area contributed by atoms with Gasteiger partial charge in [0.2, 0.25) is 0 Å². The van der Waals surface area contributed by atoms with Crippen LogP contribution in [0.15, 0.2) is 11.5 Å². The summed E-state index contributed by atoms with van der Waals surface area (Å²) in [6.07, 6.45) is 3.96. The van der Waals surface area contributed by atoms with Crippen LogP contribution < -0.4 is 5.73 Å². The van der Waals surface area contributed by atoms with Crippen molar-refractivity contribution in [3.05, 3.63) is 18.0 Å². The maximum atomic E-state index is 5.69. The van der Waals surface area contributed by atoms with E-state index in [0.29, 0.717) is 12.6 Å². The average molecular weight is 265 g/mol. The lowest BCUT2D eigenvalue weighted by Crippen LogP contribution is -2.08. The summed E-state index contributed by atoms with van der Waals surface area (Å²) in [6, 6.07) is 0.542. The zero-order valence-electron chi connectivity index (χ0n) is 10.2. The Kier molecular flexibility index (Phi) is 3.04. The van der Waals surface area contributed by atoms with E-state index in [2.05, 4.69) is 24.8 Å². The Balaban J connectivity index is 1.76. The number of aromatic nitrogens is 6.